The summed E-state index contributed by atoms with van der Waals surface area (Å²) < 4.78 is 4.74. The van der Waals surface area contributed by atoms with E-state index in [2.05, 4.69) is 20.8 Å². The highest BCUT2D eigenvalue weighted by Gasteiger charge is 2.28. The first kappa shape index (κ1) is 10.3. The predicted molar refractivity (Wildman–Crippen MR) is 52.3 cm³/mol. The topological polar surface area (TPSA) is 26.3 Å². The summed E-state index contributed by atoms with van der Waals surface area (Å²) in [5, 5.41) is 0. The van der Waals surface area contributed by atoms with Crippen LogP contribution in [-0.2, 0) is 9.53 Å². The zero-order chi connectivity index (χ0) is 10.0. The summed E-state index contributed by atoms with van der Waals surface area (Å²) in [6, 6.07) is 0. The van der Waals surface area contributed by atoms with Crippen molar-refractivity contribution in [3.05, 3.63) is 11.1 Å². The molecule has 0 aromatic carbocycles. The minimum Gasteiger partial charge on any atom is -0.466 e. The van der Waals surface area contributed by atoms with E-state index in [4.69, 9.17) is 4.74 Å². The molecule has 0 heterocycles. The molecule has 0 saturated heterocycles. The Kier molecular flexibility index (Phi) is 3.12. The largest absolute Gasteiger partial charge is 0.466 e. The van der Waals surface area contributed by atoms with Crippen molar-refractivity contribution in [1.82, 2.24) is 0 Å². The average Bonchev–Trinajstić information content (AvgIpc) is 2.46. The molecule has 1 rings (SSSR count). The van der Waals surface area contributed by atoms with E-state index in [0.717, 1.165) is 18.4 Å². The molecule has 0 aliphatic heterocycles. The number of ether oxygens (including phenoxy) is 1. The molecule has 0 saturated carbocycles. The Morgan fingerprint density at radius 3 is 2.54 bits per heavy atom. The van der Waals surface area contributed by atoms with Crippen molar-refractivity contribution in [3.8, 4) is 0 Å². The third-order valence-electron chi connectivity index (χ3n) is 2.97. The normalized spacial score (nSPS) is 22.7. The first-order valence-electron chi connectivity index (χ1n) is 4.86. The van der Waals surface area contributed by atoms with Crippen LogP contribution in [0.4, 0.5) is 0 Å². The summed E-state index contributed by atoms with van der Waals surface area (Å²) in [4.78, 5) is 11.3. The van der Waals surface area contributed by atoms with Crippen LogP contribution in [-0.4, -0.2) is 13.1 Å². The summed E-state index contributed by atoms with van der Waals surface area (Å²) in [5.41, 5.74) is 2.14. The van der Waals surface area contributed by atoms with Gasteiger partial charge < -0.3 is 4.74 Å². The minimum absolute atomic E-state index is 0.138. The van der Waals surface area contributed by atoms with Crippen molar-refractivity contribution < 1.29 is 9.53 Å². The fourth-order valence-electron chi connectivity index (χ4n) is 2.16. The first-order chi connectivity index (χ1) is 6.07. The number of carbonyl (C=O) groups excluding carboxylic acids is 1. The van der Waals surface area contributed by atoms with Crippen LogP contribution in [0.1, 0.15) is 33.6 Å². The molecule has 13 heavy (non-hydrogen) atoms. The highest BCUT2D eigenvalue weighted by Crippen LogP contribution is 2.36. The van der Waals surface area contributed by atoms with Crippen molar-refractivity contribution in [2.24, 2.45) is 11.8 Å². The molecular weight excluding hydrogens is 164 g/mol. The van der Waals surface area contributed by atoms with Crippen LogP contribution >= 0.6 is 0 Å². The monoisotopic (exact) mass is 182 g/mol. The van der Waals surface area contributed by atoms with Crippen LogP contribution in [0.5, 0.6) is 0 Å². The lowest BCUT2D eigenvalue weighted by atomic mass is 9.90. The molecule has 1 atom stereocenters. The lowest BCUT2D eigenvalue weighted by Gasteiger charge is -2.15. The highest BCUT2D eigenvalue weighted by atomic mass is 16.5. The smallest absolute Gasteiger partial charge is 0.333 e. The van der Waals surface area contributed by atoms with E-state index in [1.165, 1.54) is 12.7 Å². The van der Waals surface area contributed by atoms with E-state index in [9.17, 15) is 4.79 Å². The highest BCUT2D eigenvalue weighted by molar-refractivity contribution is 5.89. The number of allylic oxidation sites excluding steroid dienone is 1. The second-order valence-corrected chi connectivity index (χ2v) is 4.04. The number of carbonyl (C=O) groups is 1. The number of rotatable bonds is 2. The quantitative estimate of drug-likeness (QED) is 0.613. The van der Waals surface area contributed by atoms with Crippen molar-refractivity contribution in [2.75, 3.05) is 7.11 Å². The lowest BCUT2D eigenvalue weighted by molar-refractivity contribution is -0.136. The Balaban J connectivity index is 2.81. The zero-order valence-corrected chi connectivity index (χ0v) is 8.89. The van der Waals surface area contributed by atoms with Gasteiger partial charge in [-0.2, -0.15) is 0 Å². The van der Waals surface area contributed by atoms with Crippen LogP contribution in [0.25, 0.3) is 0 Å². The van der Waals surface area contributed by atoms with E-state index in [1.807, 2.05) is 0 Å². The first-order valence-corrected chi connectivity index (χ1v) is 4.86. The molecule has 0 radical (unpaired) electrons. The number of methoxy groups -OCH3 is 1. The molecule has 0 unspecified atom stereocenters. The Labute approximate surface area is 80.0 Å². The molecule has 0 spiro atoms. The van der Waals surface area contributed by atoms with Crippen LogP contribution < -0.4 is 0 Å². The molecule has 1 aliphatic rings. The average molecular weight is 182 g/mol. The molecule has 0 bridgehead atoms. The lowest BCUT2D eigenvalue weighted by Crippen LogP contribution is -2.07. The second kappa shape index (κ2) is 3.95. The van der Waals surface area contributed by atoms with Gasteiger partial charge >= 0.3 is 5.97 Å². The fraction of sp³-hybridized carbons (Fsp3) is 0.727. The van der Waals surface area contributed by atoms with Gasteiger partial charge in [-0.3, -0.25) is 0 Å². The Morgan fingerprint density at radius 2 is 2.15 bits per heavy atom. The van der Waals surface area contributed by atoms with Crippen molar-refractivity contribution in [1.29, 1.82) is 0 Å². The van der Waals surface area contributed by atoms with E-state index >= 15 is 0 Å². The Morgan fingerprint density at radius 1 is 1.54 bits per heavy atom. The second-order valence-electron chi connectivity index (χ2n) is 4.04. The number of hydrogen-bond acceptors (Lipinski definition) is 2. The predicted octanol–water partition coefficient (Wildman–Crippen LogP) is 2.54. The standard InChI is InChI=1S/C11H18O2/c1-7(2)9-5-6-10(8(9)3)11(12)13-4/h7,9H,5-6H2,1-4H3/t9-/m0/s1. The SMILES string of the molecule is COC(=O)C1=C(C)[C@H](C(C)C)CC1. The van der Waals surface area contributed by atoms with Crippen LogP contribution in [0.2, 0.25) is 0 Å². The summed E-state index contributed by atoms with van der Waals surface area (Å²) in [7, 11) is 1.45. The van der Waals surface area contributed by atoms with Gasteiger partial charge in [-0.15, -0.1) is 0 Å². The summed E-state index contributed by atoms with van der Waals surface area (Å²) in [6.45, 7) is 6.46. The van der Waals surface area contributed by atoms with E-state index in [0.29, 0.717) is 11.8 Å². The summed E-state index contributed by atoms with van der Waals surface area (Å²) in [6.07, 6.45) is 2.00. The molecule has 74 valence electrons. The van der Waals surface area contributed by atoms with E-state index in [-0.39, 0.29) is 5.97 Å². The van der Waals surface area contributed by atoms with Gasteiger partial charge in [-0.25, -0.2) is 4.79 Å². The van der Waals surface area contributed by atoms with Crippen molar-refractivity contribution >= 4 is 5.97 Å². The van der Waals surface area contributed by atoms with Crippen molar-refractivity contribution in [2.45, 2.75) is 33.6 Å². The van der Waals surface area contributed by atoms with Gasteiger partial charge in [-0.05, 0) is 31.6 Å². The van der Waals surface area contributed by atoms with E-state index in [1.54, 1.807) is 0 Å². The van der Waals surface area contributed by atoms with Crippen molar-refractivity contribution in [3.63, 3.8) is 0 Å². The van der Waals surface area contributed by atoms with Gasteiger partial charge in [-0.1, -0.05) is 19.4 Å². The van der Waals surface area contributed by atoms with E-state index < -0.39 is 0 Å². The van der Waals surface area contributed by atoms with Crippen LogP contribution in [0.15, 0.2) is 11.1 Å². The molecule has 0 fully saturated rings. The molecule has 0 aromatic rings. The molecule has 0 amide bonds. The molecule has 0 N–H and O–H groups in total. The molecule has 2 nitrogen and oxygen atoms in total. The minimum atomic E-state index is -0.138. The third-order valence-corrected chi connectivity index (χ3v) is 2.97. The number of hydrogen-bond donors (Lipinski definition) is 0. The number of esters is 1. The van der Waals surface area contributed by atoms with Gasteiger partial charge in [0.05, 0.1) is 7.11 Å². The van der Waals surface area contributed by atoms with Gasteiger partial charge in [0.1, 0.15) is 0 Å². The summed E-state index contributed by atoms with van der Waals surface area (Å²) >= 11 is 0. The van der Waals surface area contributed by atoms with Gasteiger partial charge in [0, 0.05) is 5.57 Å². The van der Waals surface area contributed by atoms with Gasteiger partial charge in [0.25, 0.3) is 0 Å². The Hall–Kier alpha value is -0.790. The maximum atomic E-state index is 11.3. The van der Waals surface area contributed by atoms with Gasteiger partial charge in [0.2, 0.25) is 0 Å². The maximum Gasteiger partial charge on any atom is 0.333 e. The molecule has 1 aliphatic carbocycles. The van der Waals surface area contributed by atoms with Crippen LogP contribution in [0.3, 0.4) is 0 Å². The molecule has 2 heteroatoms. The van der Waals surface area contributed by atoms with Crippen LogP contribution in [0, 0.1) is 11.8 Å². The third kappa shape index (κ3) is 1.93. The fourth-order valence-corrected chi connectivity index (χ4v) is 2.16. The molecule has 0 aromatic heterocycles. The maximum absolute atomic E-state index is 11.3. The zero-order valence-electron chi connectivity index (χ0n) is 8.89. The Bertz CT molecular complexity index is 238. The van der Waals surface area contributed by atoms with Gasteiger partial charge in [0.15, 0.2) is 0 Å². The molecular formula is C11H18O2. The summed E-state index contributed by atoms with van der Waals surface area (Å²) in [5.74, 6) is 1.07.